The third-order valence-corrected chi connectivity index (χ3v) is 21.3. The normalized spacial score (nSPS) is 10.6. The maximum absolute atomic E-state index is 9.89. The maximum atomic E-state index is 9.89. The zero-order valence-corrected chi connectivity index (χ0v) is 75.6. The third kappa shape index (κ3) is 23.1. The summed E-state index contributed by atoms with van der Waals surface area (Å²) in [5, 5.41) is 58.9. The van der Waals surface area contributed by atoms with E-state index in [1.807, 2.05) is 165 Å². The van der Waals surface area contributed by atoms with Gasteiger partial charge in [-0.25, -0.2) is 54.8 Å². The number of hydrogen-bond donors (Lipinski definition) is 12. The highest BCUT2D eigenvalue weighted by Gasteiger charge is 2.24. The molecule has 0 aliphatic carbocycles. The van der Waals surface area contributed by atoms with Crippen molar-refractivity contribution in [1.82, 2.24) is 74.8 Å². The number of benzene rings is 9. The standard InChI is InChI=1S/2C17H14ClN3O2.C17H14ClN3O.C16H11BrClN3O.C15H11ClN4O.C14H10ClN5O/c1-23-13-8-11(7-12(18)17(13)22)15-16(21-14(19)9-20-15)10-5-3-2-4-6-10;1-23-17-16(19)20-14(10-5-3-2-4-6-10)15(21-17)11-7-8-13(22)12(18)9-11;1-10-17(19)21-15(11-5-3-2-4-6-11)16(20-10)12-7-8-14(22)13(18)9-12;17-15-16(19)21-13(9-4-2-1-3-5-9)14(20-15)10-6-7-12(22)11(18)8-10;16-10-6-11(18-7-12(10)21)15-14(20-13(17)8-19-15)9-4-2-1-3-5-9;15-8-5-10(18-6-11(8)21)13-14(20-12(16)7-19-13)9-3-1-2-4-17-9/h2-9,22H,1H3,(H2,19,21);2-9,22H,1H3,(H2,19,20);2-9,22H,1H3,(H2,19,21);1-8,22H,(H2,19,21);1-8,21H,(H2,17,20);1-7,21H,(H2,16,20). The van der Waals surface area contributed by atoms with Gasteiger partial charge in [0.15, 0.2) is 34.6 Å². The Morgan fingerprint density at radius 1 is 0.265 bits per heavy atom. The van der Waals surface area contributed by atoms with Gasteiger partial charge in [0.05, 0.1) is 138 Å². The second-order valence-corrected chi connectivity index (χ2v) is 31.1. The van der Waals surface area contributed by atoms with E-state index in [0.717, 1.165) is 38.9 Å². The predicted octanol–water partition coefficient (Wildman–Crippen LogP) is 21.8. The van der Waals surface area contributed by atoms with Crippen LogP contribution in [0.25, 0.3) is 135 Å². The number of ether oxygens (including phenoxy) is 2. The van der Waals surface area contributed by atoms with Crippen LogP contribution in [0.4, 0.5) is 34.9 Å². The van der Waals surface area contributed by atoms with E-state index in [1.54, 1.807) is 79.0 Å². The highest BCUT2D eigenvalue weighted by molar-refractivity contribution is 9.10. The van der Waals surface area contributed by atoms with Gasteiger partial charge in [-0.2, -0.15) is 0 Å². The van der Waals surface area contributed by atoms with E-state index >= 15 is 0 Å². The Labute approximate surface area is 793 Å². The van der Waals surface area contributed by atoms with E-state index in [4.69, 9.17) is 113 Å². The SMILES string of the molecule is COc1cc(-c2ncc(N)nc2-c2ccccc2)cc(Cl)c1O.COc1nc(-c2ccc(O)c(Cl)c2)c(-c2ccccc2)nc1N.Cc1nc(-c2ccc(O)c(Cl)c2)c(-c2ccccc2)nc1N.Nc1cnc(-c2cc(Cl)c(O)cn2)c(-c2ccccc2)n1.Nc1cnc(-c2cc(Cl)c(O)cn2)c(-c2ccccn2)n1.Nc1nc(-c2ccccc2)c(-c2ccc(O)c(Cl)c2)nc1Br. The van der Waals surface area contributed by atoms with Gasteiger partial charge in [-0.1, -0.05) is 227 Å². The first-order valence-electron chi connectivity index (χ1n) is 39.1. The molecule has 0 aliphatic rings. The average Bonchev–Trinajstić information content (AvgIpc) is 0.833. The van der Waals surface area contributed by atoms with Gasteiger partial charge in [0.1, 0.15) is 73.6 Å². The second kappa shape index (κ2) is 43.4. The average molecular weight is 1940 g/mol. The number of halogens is 7. The van der Waals surface area contributed by atoms with Crippen molar-refractivity contribution in [2.24, 2.45) is 0 Å². The van der Waals surface area contributed by atoms with Crippen LogP contribution < -0.4 is 43.9 Å². The van der Waals surface area contributed by atoms with Crippen molar-refractivity contribution < 1.29 is 40.1 Å². The van der Waals surface area contributed by atoms with Gasteiger partial charge in [0.2, 0.25) is 0 Å². The zero-order valence-electron chi connectivity index (χ0n) is 69.5. The minimum Gasteiger partial charge on any atom is -0.506 e. The summed E-state index contributed by atoms with van der Waals surface area (Å²) >= 11 is 39.2. The zero-order chi connectivity index (χ0) is 93.8. The molecule has 660 valence electrons. The van der Waals surface area contributed by atoms with Crippen LogP contribution in [0, 0.1) is 6.92 Å². The fourth-order valence-corrected chi connectivity index (χ4v) is 13.9. The molecule has 18 rings (SSSR count). The molecule has 0 fully saturated rings. The van der Waals surface area contributed by atoms with Crippen LogP contribution in [0.2, 0.25) is 30.1 Å². The number of phenolic OH excluding ortho intramolecular Hbond substituents is 4. The number of aromatic hydroxyl groups is 6. The first-order chi connectivity index (χ1) is 63.6. The summed E-state index contributed by atoms with van der Waals surface area (Å²) in [7, 11) is 2.94. The lowest BCUT2D eigenvalue weighted by molar-refractivity contribution is 0.374. The largest absolute Gasteiger partial charge is 0.506 e. The first-order valence-corrected chi connectivity index (χ1v) is 42.2. The maximum Gasteiger partial charge on any atom is 0.257 e. The summed E-state index contributed by atoms with van der Waals surface area (Å²) in [6, 6.07) is 74.6. The molecule has 0 radical (unpaired) electrons. The monoisotopic (exact) mass is 1940 g/mol. The first kappa shape index (κ1) is 94.0. The lowest BCUT2D eigenvalue weighted by Gasteiger charge is -2.12. The minimum atomic E-state index is -0.109. The molecule has 9 aromatic carbocycles. The van der Waals surface area contributed by atoms with Crippen LogP contribution in [0.1, 0.15) is 5.69 Å². The summed E-state index contributed by atoms with van der Waals surface area (Å²) in [5.74, 6) is 2.13. The summed E-state index contributed by atoms with van der Waals surface area (Å²) in [5.41, 5.74) is 51.8. The van der Waals surface area contributed by atoms with Gasteiger partial charge < -0.3 is 74.5 Å². The number of nitrogens with two attached hydrogens (primary N) is 6. The number of nitrogens with zero attached hydrogens (tertiary/aromatic N) is 15. The number of anilines is 6. The van der Waals surface area contributed by atoms with Gasteiger partial charge in [-0.05, 0) is 114 Å². The van der Waals surface area contributed by atoms with Crippen LogP contribution in [0.3, 0.4) is 0 Å². The van der Waals surface area contributed by atoms with E-state index < -0.39 is 0 Å². The minimum absolute atomic E-state index is 0.00652. The molecular formula is C96H74BrCl6N21O8. The molecule has 132 heavy (non-hydrogen) atoms. The van der Waals surface area contributed by atoms with Gasteiger partial charge >= 0.3 is 0 Å². The van der Waals surface area contributed by atoms with Crippen LogP contribution in [0.15, 0.2) is 291 Å². The molecule has 29 nitrogen and oxygen atoms in total. The predicted molar refractivity (Wildman–Crippen MR) is 523 cm³/mol. The summed E-state index contributed by atoms with van der Waals surface area (Å²) in [6.07, 6.45) is 8.58. The Kier molecular flexibility index (Phi) is 30.9. The van der Waals surface area contributed by atoms with Crippen LogP contribution >= 0.6 is 85.5 Å². The van der Waals surface area contributed by atoms with Crippen LogP contribution in [-0.4, -0.2) is 120 Å². The highest BCUT2D eigenvalue weighted by Crippen LogP contribution is 2.44. The molecular weight excluding hydrogens is 1870 g/mol. The molecule has 0 amide bonds. The lowest BCUT2D eigenvalue weighted by Crippen LogP contribution is -2.03. The van der Waals surface area contributed by atoms with Crippen LogP contribution in [-0.2, 0) is 0 Å². The molecule has 0 aliphatic heterocycles. The van der Waals surface area contributed by atoms with Crippen molar-refractivity contribution in [2.45, 2.75) is 6.92 Å². The van der Waals surface area contributed by atoms with E-state index in [-0.39, 0.29) is 87.9 Å². The van der Waals surface area contributed by atoms with Crippen molar-refractivity contribution in [3.8, 4) is 182 Å². The molecule has 0 spiro atoms. The van der Waals surface area contributed by atoms with Crippen molar-refractivity contribution in [2.75, 3.05) is 48.6 Å². The number of hydrogen-bond acceptors (Lipinski definition) is 29. The highest BCUT2D eigenvalue weighted by atomic mass is 79.9. The molecule has 0 unspecified atom stereocenters. The molecule has 9 aromatic heterocycles. The van der Waals surface area contributed by atoms with Crippen molar-refractivity contribution >= 4 is 120 Å². The molecule has 0 bridgehead atoms. The van der Waals surface area contributed by atoms with Gasteiger partial charge in [-0.3, -0.25) is 19.9 Å². The molecule has 0 atom stereocenters. The lowest BCUT2D eigenvalue weighted by atomic mass is 10.0. The summed E-state index contributed by atoms with van der Waals surface area (Å²) in [4.78, 5) is 65.3. The van der Waals surface area contributed by atoms with Crippen molar-refractivity contribution in [3.05, 3.63) is 326 Å². The number of rotatable bonds is 14. The fourth-order valence-electron chi connectivity index (χ4n) is 12.5. The number of aryl methyl sites for hydroxylation is 1. The number of phenols is 4. The third-order valence-electron chi connectivity index (χ3n) is 18.9. The number of pyridine rings is 3. The molecule has 0 saturated carbocycles. The van der Waals surface area contributed by atoms with E-state index in [2.05, 4.69) is 90.7 Å². The molecule has 18 N–H and O–H groups in total. The second-order valence-electron chi connectivity index (χ2n) is 27.9. The number of methoxy groups -OCH3 is 2. The fraction of sp³-hybridized carbons (Fsp3) is 0.0312. The van der Waals surface area contributed by atoms with Crippen molar-refractivity contribution in [3.63, 3.8) is 0 Å². The van der Waals surface area contributed by atoms with Gasteiger partial charge in [0, 0.05) is 56.3 Å². The Morgan fingerprint density at radius 2 is 0.606 bits per heavy atom. The van der Waals surface area contributed by atoms with Gasteiger partial charge in [-0.15, -0.1) is 0 Å². The molecule has 9 heterocycles. The Balaban J connectivity index is 0.000000135. The Morgan fingerprint density at radius 3 is 1.00 bits per heavy atom. The van der Waals surface area contributed by atoms with Gasteiger partial charge in [0.25, 0.3) is 5.88 Å². The molecule has 36 heteroatoms. The smallest absolute Gasteiger partial charge is 0.257 e. The van der Waals surface area contributed by atoms with E-state index in [1.165, 1.54) is 63.4 Å². The summed E-state index contributed by atoms with van der Waals surface area (Å²) < 4.78 is 10.8. The van der Waals surface area contributed by atoms with E-state index in [0.29, 0.717) is 130 Å². The Bertz CT molecular complexity index is 6880. The number of aromatic nitrogens is 15. The quantitative estimate of drug-likeness (QED) is 0.0481. The molecule has 0 saturated heterocycles. The molecule has 18 aromatic rings. The summed E-state index contributed by atoms with van der Waals surface area (Å²) in [6.45, 7) is 1.81. The van der Waals surface area contributed by atoms with Crippen molar-refractivity contribution in [1.29, 1.82) is 0 Å². The Hall–Kier alpha value is -15.7. The number of nitrogen functional groups attached to an aromatic ring is 6. The van der Waals surface area contributed by atoms with Crippen LogP contribution in [0.5, 0.6) is 46.1 Å². The topological polar surface area (TPSA) is 489 Å². The van der Waals surface area contributed by atoms with E-state index in [9.17, 15) is 30.6 Å².